The number of likely N-dealkylation sites (N-methyl/N-ethyl adjacent to an activating group) is 1. The van der Waals surface area contributed by atoms with Crippen LogP contribution in [0.5, 0.6) is 5.88 Å². The number of hydrogen-bond donors (Lipinski definition) is 0. The van der Waals surface area contributed by atoms with E-state index in [0.717, 1.165) is 25.2 Å². The minimum Gasteiger partial charge on any atom is -0.481 e. The maximum atomic E-state index is 12.4. The lowest BCUT2D eigenvalue weighted by Gasteiger charge is -2.38. The Kier molecular flexibility index (Phi) is 6.37. The highest BCUT2D eigenvalue weighted by Gasteiger charge is 2.30. The van der Waals surface area contributed by atoms with Crippen molar-refractivity contribution in [2.24, 2.45) is 0 Å². The van der Waals surface area contributed by atoms with Gasteiger partial charge in [-0.3, -0.25) is 0 Å². The number of aromatic nitrogens is 2. The summed E-state index contributed by atoms with van der Waals surface area (Å²) in [6.45, 7) is 7.00. The van der Waals surface area contributed by atoms with Gasteiger partial charge in [0, 0.05) is 32.2 Å². The van der Waals surface area contributed by atoms with E-state index in [1.165, 1.54) is 11.8 Å². The largest absolute Gasteiger partial charge is 0.481 e. The third-order valence-corrected chi connectivity index (χ3v) is 4.57. The number of amides is 1. The van der Waals surface area contributed by atoms with Crippen LogP contribution in [-0.2, 0) is 4.74 Å². The zero-order chi connectivity index (χ0) is 18.6. The highest BCUT2D eigenvalue weighted by molar-refractivity contribution is 7.98. The Morgan fingerprint density at radius 3 is 2.72 bits per heavy atom. The Morgan fingerprint density at radius 2 is 2.12 bits per heavy atom. The number of thioether (sulfide) groups is 1. The topological polar surface area (TPSA) is 67.8 Å². The number of rotatable bonds is 4. The van der Waals surface area contributed by atoms with Gasteiger partial charge in [-0.25, -0.2) is 9.78 Å². The van der Waals surface area contributed by atoms with E-state index in [4.69, 9.17) is 9.47 Å². The molecule has 1 saturated heterocycles. The van der Waals surface area contributed by atoms with Crippen molar-refractivity contribution in [3.63, 3.8) is 0 Å². The van der Waals surface area contributed by atoms with Crippen molar-refractivity contribution < 1.29 is 14.3 Å². The molecule has 0 saturated carbocycles. The molecule has 1 aliphatic heterocycles. The number of ether oxygens (including phenoxy) is 2. The van der Waals surface area contributed by atoms with Crippen molar-refractivity contribution in [3.05, 3.63) is 6.07 Å². The van der Waals surface area contributed by atoms with Gasteiger partial charge < -0.3 is 19.3 Å². The second kappa shape index (κ2) is 8.12. The van der Waals surface area contributed by atoms with Crippen LogP contribution < -0.4 is 9.64 Å². The van der Waals surface area contributed by atoms with Crippen molar-refractivity contribution in [1.82, 2.24) is 14.9 Å². The monoisotopic (exact) mass is 368 g/mol. The maximum absolute atomic E-state index is 12.4. The van der Waals surface area contributed by atoms with Gasteiger partial charge in [0.15, 0.2) is 5.16 Å². The van der Waals surface area contributed by atoms with Crippen LogP contribution in [0.4, 0.5) is 10.6 Å². The van der Waals surface area contributed by atoms with Gasteiger partial charge in [-0.05, 0) is 39.9 Å². The zero-order valence-corrected chi connectivity index (χ0v) is 16.7. The molecule has 0 N–H and O–H groups in total. The second-order valence-corrected chi connectivity index (χ2v) is 7.86. The van der Waals surface area contributed by atoms with Gasteiger partial charge in [-0.2, -0.15) is 4.98 Å². The molecule has 1 fully saturated rings. The molecule has 1 aliphatic rings. The second-order valence-electron chi connectivity index (χ2n) is 7.09. The Balaban J connectivity index is 2.11. The number of nitrogens with zero attached hydrogens (tertiary/aromatic N) is 4. The SMILES string of the molecule is COc1cc(N(C)[C@@H]2CCCN(C(=O)OC(C)(C)C)C2)nc(SC)n1. The Morgan fingerprint density at radius 1 is 1.40 bits per heavy atom. The molecular formula is C17H28N4O3S. The predicted molar refractivity (Wildman–Crippen MR) is 99.6 cm³/mol. The van der Waals surface area contributed by atoms with Gasteiger partial charge in [0.05, 0.1) is 7.11 Å². The first-order chi connectivity index (χ1) is 11.7. The van der Waals surface area contributed by atoms with E-state index >= 15 is 0 Å². The van der Waals surface area contributed by atoms with Crippen LogP contribution in [0.15, 0.2) is 11.2 Å². The van der Waals surface area contributed by atoms with E-state index in [0.29, 0.717) is 17.6 Å². The van der Waals surface area contributed by atoms with Crippen molar-refractivity contribution in [2.45, 2.75) is 50.4 Å². The number of anilines is 1. The smallest absolute Gasteiger partial charge is 0.410 e. The molecule has 1 aromatic rings. The van der Waals surface area contributed by atoms with Gasteiger partial charge >= 0.3 is 6.09 Å². The van der Waals surface area contributed by atoms with Crippen molar-refractivity contribution >= 4 is 23.7 Å². The van der Waals surface area contributed by atoms with Crippen LogP contribution in [0.2, 0.25) is 0 Å². The summed E-state index contributed by atoms with van der Waals surface area (Å²) in [5, 5.41) is 0.668. The molecule has 140 valence electrons. The van der Waals surface area contributed by atoms with Gasteiger partial charge in [0.1, 0.15) is 11.4 Å². The molecule has 8 heteroatoms. The van der Waals surface area contributed by atoms with Crippen LogP contribution in [0.3, 0.4) is 0 Å². The van der Waals surface area contributed by atoms with Gasteiger partial charge in [-0.15, -0.1) is 0 Å². The molecule has 1 amide bonds. The number of methoxy groups -OCH3 is 1. The molecule has 0 aromatic carbocycles. The van der Waals surface area contributed by atoms with E-state index < -0.39 is 5.60 Å². The number of carbonyl (C=O) groups excluding carboxylic acids is 1. The first-order valence-corrected chi connectivity index (χ1v) is 9.64. The highest BCUT2D eigenvalue weighted by Crippen LogP contribution is 2.25. The van der Waals surface area contributed by atoms with Crippen molar-refractivity contribution in [1.29, 1.82) is 0 Å². The summed E-state index contributed by atoms with van der Waals surface area (Å²) in [4.78, 5) is 25.1. The minimum absolute atomic E-state index is 0.176. The van der Waals surface area contributed by atoms with Crippen LogP contribution >= 0.6 is 11.8 Å². The Bertz CT molecular complexity index is 584. The fourth-order valence-electron chi connectivity index (χ4n) is 2.72. The van der Waals surface area contributed by atoms with Gasteiger partial charge in [-0.1, -0.05) is 11.8 Å². The van der Waals surface area contributed by atoms with Crippen LogP contribution in [0, 0.1) is 0 Å². The number of hydrogen-bond acceptors (Lipinski definition) is 7. The summed E-state index contributed by atoms with van der Waals surface area (Å²) >= 11 is 1.47. The summed E-state index contributed by atoms with van der Waals surface area (Å²) < 4.78 is 10.8. The lowest BCUT2D eigenvalue weighted by molar-refractivity contribution is 0.0199. The molecule has 7 nitrogen and oxygen atoms in total. The van der Waals surface area contributed by atoms with E-state index in [2.05, 4.69) is 14.9 Å². The van der Waals surface area contributed by atoms with Crippen LogP contribution in [-0.4, -0.2) is 66.1 Å². The summed E-state index contributed by atoms with van der Waals surface area (Å²) in [5.41, 5.74) is -0.483. The summed E-state index contributed by atoms with van der Waals surface area (Å²) in [6, 6.07) is 2.00. The summed E-state index contributed by atoms with van der Waals surface area (Å²) in [5.74, 6) is 1.34. The average molecular weight is 369 g/mol. The minimum atomic E-state index is -0.483. The molecule has 0 spiro atoms. The van der Waals surface area contributed by atoms with Gasteiger partial charge in [0.2, 0.25) is 5.88 Å². The molecule has 0 radical (unpaired) electrons. The molecule has 0 unspecified atom stereocenters. The number of carbonyl (C=O) groups is 1. The van der Waals surface area contributed by atoms with E-state index in [9.17, 15) is 4.79 Å². The number of piperidine rings is 1. The first-order valence-electron chi connectivity index (χ1n) is 8.41. The van der Waals surface area contributed by atoms with Gasteiger partial charge in [0.25, 0.3) is 0 Å². The highest BCUT2D eigenvalue weighted by atomic mass is 32.2. The van der Waals surface area contributed by atoms with Crippen LogP contribution in [0.1, 0.15) is 33.6 Å². The van der Waals surface area contributed by atoms with Crippen LogP contribution in [0.25, 0.3) is 0 Å². The van der Waals surface area contributed by atoms with E-state index in [1.807, 2.05) is 40.1 Å². The standard InChI is InChI=1S/C17H28N4O3S/c1-17(2,3)24-16(22)21-9-7-8-12(11-21)20(4)13-10-14(23-5)19-15(18-13)25-6/h10,12H,7-9,11H2,1-6H3/t12-/m1/s1. The molecule has 1 aromatic heterocycles. The quantitative estimate of drug-likeness (QED) is 0.598. The predicted octanol–water partition coefficient (Wildman–Crippen LogP) is 3.04. The van der Waals surface area contributed by atoms with Crippen molar-refractivity contribution in [2.75, 3.05) is 38.4 Å². The summed E-state index contributed by atoms with van der Waals surface area (Å²) in [7, 11) is 3.59. The fraction of sp³-hybridized carbons (Fsp3) is 0.706. The Hall–Kier alpha value is -1.70. The number of likely N-dealkylation sites (tertiary alicyclic amines) is 1. The molecule has 2 heterocycles. The lowest BCUT2D eigenvalue weighted by Crippen LogP contribution is -2.50. The van der Waals surface area contributed by atoms with Crippen molar-refractivity contribution in [3.8, 4) is 5.88 Å². The molecule has 2 rings (SSSR count). The third-order valence-electron chi connectivity index (χ3n) is 4.02. The first kappa shape index (κ1) is 19.6. The fourth-order valence-corrected chi connectivity index (χ4v) is 3.09. The molecule has 0 bridgehead atoms. The third kappa shape index (κ3) is 5.39. The summed E-state index contributed by atoms with van der Waals surface area (Å²) in [6.07, 6.45) is 3.61. The normalized spacial score (nSPS) is 18.0. The molecular weight excluding hydrogens is 340 g/mol. The molecule has 1 atom stereocenters. The Labute approximate surface area is 154 Å². The maximum Gasteiger partial charge on any atom is 0.410 e. The molecule has 25 heavy (non-hydrogen) atoms. The average Bonchev–Trinajstić information content (AvgIpc) is 2.59. The molecule has 0 aliphatic carbocycles. The lowest BCUT2D eigenvalue weighted by atomic mass is 10.0. The van der Waals surface area contributed by atoms with E-state index in [1.54, 1.807) is 12.0 Å². The zero-order valence-electron chi connectivity index (χ0n) is 15.9. The van der Waals surface area contributed by atoms with E-state index in [-0.39, 0.29) is 12.1 Å².